The summed E-state index contributed by atoms with van der Waals surface area (Å²) in [5.41, 5.74) is 0.239. The molecule has 1 saturated carbocycles. The lowest BCUT2D eigenvalue weighted by Crippen LogP contribution is -2.33. The Morgan fingerprint density at radius 1 is 0.947 bits per heavy atom. The minimum Gasteiger partial charge on any atom is -0.391 e. The molecule has 4 atom stereocenters. The van der Waals surface area contributed by atoms with Gasteiger partial charge in [-0.1, -0.05) is 17.7 Å². The molecule has 5 rings (SSSR count). The molecule has 2 fully saturated rings. The van der Waals surface area contributed by atoms with Crippen LogP contribution in [-0.2, 0) is 14.4 Å². The van der Waals surface area contributed by atoms with Crippen molar-refractivity contribution in [2.75, 3.05) is 23.7 Å². The number of anilines is 2. The van der Waals surface area contributed by atoms with E-state index in [4.69, 9.17) is 11.6 Å². The molecule has 1 aromatic heterocycles. The number of β-amino-alcohol motifs (C(OH)–C–C–N with tert-alkyl or cyclic N) is 1. The molecular weight excluding hydrogens is 515 g/mol. The number of carbonyl (C=O) groups is 3. The van der Waals surface area contributed by atoms with Crippen LogP contribution in [-0.4, -0.2) is 51.5 Å². The second-order valence-corrected chi connectivity index (χ2v) is 9.80. The van der Waals surface area contributed by atoms with Gasteiger partial charge in [-0.15, -0.1) is 0 Å². The van der Waals surface area contributed by atoms with E-state index in [1.807, 2.05) is 0 Å². The molecule has 0 spiro atoms. The van der Waals surface area contributed by atoms with Crippen molar-refractivity contribution in [3.05, 3.63) is 88.1 Å². The third-order valence-electron chi connectivity index (χ3n) is 6.81. The van der Waals surface area contributed by atoms with Gasteiger partial charge < -0.3 is 20.6 Å². The van der Waals surface area contributed by atoms with Crippen LogP contribution in [0.25, 0.3) is 5.69 Å². The summed E-state index contributed by atoms with van der Waals surface area (Å²) in [6, 6.07) is 14.8. The lowest BCUT2D eigenvalue weighted by molar-refractivity contribution is -0.134. The molecule has 1 aliphatic heterocycles. The van der Waals surface area contributed by atoms with Gasteiger partial charge >= 0.3 is 0 Å². The van der Waals surface area contributed by atoms with Crippen LogP contribution in [0.4, 0.5) is 15.8 Å². The summed E-state index contributed by atoms with van der Waals surface area (Å²) >= 11 is 5.90. The number of halogens is 2. The first-order valence-corrected chi connectivity index (χ1v) is 12.4. The fraction of sp³-hybridized carbons (Fsp3) is 0.259. The molecule has 1 aliphatic carbocycles. The number of amides is 3. The van der Waals surface area contributed by atoms with Gasteiger partial charge in [-0.3, -0.25) is 23.7 Å². The number of pyridine rings is 1. The highest BCUT2D eigenvalue weighted by Crippen LogP contribution is 2.49. The van der Waals surface area contributed by atoms with E-state index in [9.17, 15) is 28.7 Å². The van der Waals surface area contributed by atoms with Gasteiger partial charge in [0.05, 0.1) is 35.2 Å². The standard InChI is InChI=1S/C27H24ClFN4O5/c28-15-4-6-16(7-5-15)30-25(36)22-23(24(22)27(38)32-12-10-18(34)14-32)26(37)31-20-9-8-17(13-19(20)29)33-11-2-1-3-21(33)35/h1-9,11,13,18,22-24,34H,10,12,14H2,(H,30,36)(H,31,37)/t18?,22-,23+,24+/m1/s1. The number of benzene rings is 2. The molecule has 2 aliphatic rings. The third kappa shape index (κ3) is 5.18. The second kappa shape index (κ2) is 10.4. The van der Waals surface area contributed by atoms with Gasteiger partial charge in [-0.25, -0.2) is 4.39 Å². The van der Waals surface area contributed by atoms with Crippen molar-refractivity contribution in [2.24, 2.45) is 17.8 Å². The van der Waals surface area contributed by atoms with Crippen LogP contribution >= 0.6 is 11.6 Å². The molecule has 38 heavy (non-hydrogen) atoms. The summed E-state index contributed by atoms with van der Waals surface area (Å²) in [6.45, 7) is 0.454. The number of rotatable bonds is 6. The maximum Gasteiger partial charge on any atom is 0.255 e. The van der Waals surface area contributed by atoms with E-state index in [1.165, 1.54) is 33.9 Å². The van der Waals surface area contributed by atoms with Gasteiger partial charge in [0.15, 0.2) is 0 Å². The quantitative estimate of drug-likeness (QED) is 0.445. The van der Waals surface area contributed by atoms with E-state index in [1.54, 1.807) is 36.4 Å². The van der Waals surface area contributed by atoms with Gasteiger partial charge in [0.1, 0.15) is 5.82 Å². The molecule has 1 unspecified atom stereocenters. The Kier molecular flexibility index (Phi) is 7.00. The molecule has 2 aromatic carbocycles. The summed E-state index contributed by atoms with van der Waals surface area (Å²) in [6.07, 6.45) is 1.25. The zero-order valence-corrected chi connectivity index (χ0v) is 20.8. The average molecular weight is 539 g/mol. The molecule has 0 bridgehead atoms. The summed E-state index contributed by atoms with van der Waals surface area (Å²) in [4.78, 5) is 52.9. The minimum atomic E-state index is -1.02. The number of carbonyl (C=O) groups excluding carboxylic acids is 3. The topological polar surface area (TPSA) is 121 Å². The number of nitrogens with one attached hydrogen (secondary N) is 2. The molecule has 11 heteroatoms. The zero-order valence-electron chi connectivity index (χ0n) is 20.0. The summed E-state index contributed by atoms with van der Waals surface area (Å²) in [5, 5.41) is 15.5. The van der Waals surface area contributed by atoms with Crippen molar-refractivity contribution >= 4 is 40.7 Å². The Hall–Kier alpha value is -4.02. The van der Waals surface area contributed by atoms with E-state index in [0.717, 1.165) is 6.07 Å². The first-order valence-electron chi connectivity index (χ1n) is 12.0. The second-order valence-electron chi connectivity index (χ2n) is 9.36. The lowest BCUT2D eigenvalue weighted by atomic mass is 10.2. The highest BCUT2D eigenvalue weighted by molar-refractivity contribution is 6.30. The van der Waals surface area contributed by atoms with E-state index in [0.29, 0.717) is 23.7 Å². The lowest BCUT2D eigenvalue weighted by Gasteiger charge is -2.15. The Morgan fingerprint density at radius 3 is 2.29 bits per heavy atom. The first kappa shape index (κ1) is 25.6. The van der Waals surface area contributed by atoms with E-state index in [2.05, 4.69) is 10.6 Å². The number of aromatic nitrogens is 1. The van der Waals surface area contributed by atoms with Gasteiger partial charge in [-0.2, -0.15) is 0 Å². The fourth-order valence-electron chi connectivity index (χ4n) is 4.79. The summed E-state index contributed by atoms with van der Waals surface area (Å²) < 4.78 is 16.2. The predicted octanol–water partition coefficient (Wildman–Crippen LogP) is 2.66. The van der Waals surface area contributed by atoms with Crippen LogP contribution in [0, 0.1) is 23.6 Å². The molecule has 3 N–H and O–H groups in total. The van der Waals surface area contributed by atoms with Crippen molar-refractivity contribution < 1.29 is 23.9 Å². The number of aliphatic hydroxyl groups is 1. The van der Waals surface area contributed by atoms with Gasteiger partial charge in [0, 0.05) is 42.1 Å². The van der Waals surface area contributed by atoms with E-state index >= 15 is 0 Å². The molecule has 196 valence electrons. The maximum absolute atomic E-state index is 14.9. The smallest absolute Gasteiger partial charge is 0.255 e. The van der Waals surface area contributed by atoms with Crippen molar-refractivity contribution in [3.63, 3.8) is 0 Å². The van der Waals surface area contributed by atoms with Crippen LogP contribution in [0.2, 0.25) is 5.02 Å². The number of aliphatic hydroxyl groups excluding tert-OH is 1. The molecular formula is C27H24ClFN4O5. The normalized spacial score (nSPS) is 22.1. The Balaban J connectivity index is 1.34. The summed E-state index contributed by atoms with van der Waals surface area (Å²) in [7, 11) is 0. The molecule has 9 nitrogen and oxygen atoms in total. The minimum absolute atomic E-state index is 0.129. The van der Waals surface area contributed by atoms with Crippen molar-refractivity contribution in [1.29, 1.82) is 0 Å². The van der Waals surface area contributed by atoms with Crippen LogP contribution in [0.3, 0.4) is 0 Å². The number of nitrogens with zero attached hydrogens (tertiary/aromatic N) is 2. The highest BCUT2D eigenvalue weighted by Gasteiger charge is 2.63. The Bertz CT molecular complexity index is 1460. The number of hydrogen-bond donors (Lipinski definition) is 3. The Morgan fingerprint density at radius 2 is 1.66 bits per heavy atom. The van der Waals surface area contributed by atoms with Crippen molar-refractivity contribution in [2.45, 2.75) is 12.5 Å². The average Bonchev–Trinajstić information content (AvgIpc) is 3.51. The van der Waals surface area contributed by atoms with Gasteiger partial charge in [0.25, 0.3) is 5.56 Å². The number of hydrogen-bond acceptors (Lipinski definition) is 5. The first-order chi connectivity index (χ1) is 18.2. The predicted molar refractivity (Wildman–Crippen MR) is 138 cm³/mol. The molecule has 0 radical (unpaired) electrons. The number of likely N-dealkylation sites (tertiary alicyclic amines) is 1. The molecule has 1 saturated heterocycles. The van der Waals surface area contributed by atoms with E-state index < -0.39 is 47.4 Å². The SMILES string of the molecule is O=C(Nc1ccc(Cl)cc1)[C@@H]1[C@H](C(=O)Nc2ccc(-n3ccccc3=O)cc2F)[C@H]1C(=O)N1CCC(O)C1. The molecule has 3 aromatic rings. The molecule has 2 heterocycles. The van der Waals surface area contributed by atoms with Crippen LogP contribution in [0.5, 0.6) is 0 Å². The van der Waals surface area contributed by atoms with Gasteiger partial charge in [0.2, 0.25) is 17.7 Å². The molecule has 3 amide bonds. The largest absolute Gasteiger partial charge is 0.391 e. The van der Waals surface area contributed by atoms with Crippen molar-refractivity contribution in [3.8, 4) is 5.69 Å². The summed E-state index contributed by atoms with van der Waals surface area (Å²) in [5.74, 6) is -5.33. The fourth-order valence-corrected chi connectivity index (χ4v) is 4.92. The third-order valence-corrected chi connectivity index (χ3v) is 7.06. The van der Waals surface area contributed by atoms with Crippen LogP contribution in [0.15, 0.2) is 71.7 Å². The zero-order chi connectivity index (χ0) is 27.0. The van der Waals surface area contributed by atoms with E-state index in [-0.39, 0.29) is 23.5 Å². The van der Waals surface area contributed by atoms with Crippen molar-refractivity contribution in [1.82, 2.24) is 9.47 Å². The van der Waals surface area contributed by atoms with Crippen LogP contribution in [0.1, 0.15) is 6.42 Å². The maximum atomic E-state index is 14.9. The van der Waals surface area contributed by atoms with Gasteiger partial charge in [-0.05, 0) is 48.9 Å². The monoisotopic (exact) mass is 538 g/mol. The highest BCUT2D eigenvalue weighted by atomic mass is 35.5. The Labute approximate surface area is 221 Å². The van der Waals surface area contributed by atoms with Crippen LogP contribution < -0.4 is 16.2 Å².